The first-order chi connectivity index (χ1) is 13.4. The van der Waals surface area contributed by atoms with Gasteiger partial charge in [-0.1, -0.05) is 22.9 Å². The van der Waals surface area contributed by atoms with Crippen molar-refractivity contribution in [2.24, 2.45) is 0 Å². The molecule has 146 valence electrons. The van der Waals surface area contributed by atoms with Crippen molar-refractivity contribution in [3.63, 3.8) is 0 Å². The third-order valence-corrected chi connectivity index (χ3v) is 6.82. The first kappa shape index (κ1) is 18.8. The largest absolute Gasteiger partial charge is 0.339 e. The van der Waals surface area contributed by atoms with Crippen molar-refractivity contribution < 1.29 is 17.3 Å². The molecule has 0 radical (unpaired) electrons. The Morgan fingerprint density at radius 2 is 1.82 bits per heavy atom. The van der Waals surface area contributed by atoms with Gasteiger partial charge in [0.05, 0.1) is 10.8 Å². The summed E-state index contributed by atoms with van der Waals surface area (Å²) in [5.41, 5.74) is 1.66. The van der Waals surface area contributed by atoms with Crippen LogP contribution in [0.4, 0.5) is 4.39 Å². The van der Waals surface area contributed by atoms with Gasteiger partial charge in [0.1, 0.15) is 5.82 Å². The molecule has 2 heterocycles. The Morgan fingerprint density at radius 1 is 1.11 bits per heavy atom. The Balaban J connectivity index is 1.54. The van der Waals surface area contributed by atoms with E-state index in [1.807, 2.05) is 6.92 Å². The third-order valence-electron chi connectivity index (χ3n) is 4.94. The summed E-state index contributed by atoms with van der Waals surface area (Å²) in [6, 6.07) is 12.7. The summed E-state index contributed by atoms with van der Waals surface area (Å²) in [6.07, 6.45) is 1.48. The number of nitrogens with zero attached hydrogens (tertiary/aromatic N) is 3. The van der Waals surface area contributed by atoms with Gasteiger partial charge in [-0.05, 0) is 56.2 Å². The lowest BCUT2D eigenvalue weighted by molar-refractivity contribution is 0.265. The minimum absolute atomic E-state index is 0.171. The van der Waals surface area contributed by atoms with E-state index in [4.69, 9.17) is 4.52 Å². The molecule has 0 aliphatic carbocycles. The van der Waals surface area contributed by atoms with Crippen molar-refractivity contribution in [2.75, 3.05) is 13.1 Å². The second-order valence-electron chi connectivity index (χ2n) is 6.98. The summed E-state index contributed by atoms with van der Waals surface area (Å²) in [7, 11) is -3.57. The predicted octanol–water partition coefficient (Wildman–Crippen LogP) is 3.75. The second kappa shape index (κ2) is 7.44. The summed E-state index contributed by atoms with van der Waals surface area (Å²) in [6.45, 7) is 2.68. The summed E-state index contributed by atoms with van der Waals surface area (Å²) in [5.74, 6) is 0.268. The third kappa shape index (κ3) is 3.70. The Labute approximate surface area is 163 Å². The van der Waals surface area contributed by atoms with E-state index in [-0.39, 0.29) is 16.6 Å². The summed E-state index contributed by atoms with van der Waals surface area (Å²) in [4.78, 5) is 4.70. The van der Waals surface area contributed by atoms with Gasteiger partial charge in [-0.2, -0.15) is 9.29 Å². The van der Waals surface area contributed by atoms with Gasteiger partial charge in [0.25, 0.3) is 0 Å². The van der Waals surface area contributed by atoms with Crippen molar-refractivity contribution in [3.05, 3.63) is 65.8 Å². The van der Waals surface area contributed by atoms with Crippen LogP contribution in [-0.2, 0) is 10.0 Å². The average molecular weight is 401 g/mol. The van der Waals surface area contributed by atoms with Crippen LogP contribution in [-0.4, -0.2) is 36.0 Å². The first-order valence-electron chi connectivity index (χ1n) is 9.10. The first-order valence-corrected chi connectivity index (χ1v) is 10.5. The molecule has 1 atom stereocenters. The quantitative estimate of drug-likeness (QED) is 0.665. The molecule has 0 bridgehead atoms. The summed E-state index contributed by atoms with van der Waals surface area (Å²) >= 11 is 0. The van der Waals surface area contributed by atoms with E-state index in [9.17, 15) is 12.8 Å². The van der Waals surface area contributed by atoms with Crippen LogP contribution >= 0.6 is 0 Å². The van der Waals surface area contributed by atoms with Crippen molar-refractivity contribution in [1.29, 1.82) is 0 Å². The molecular weight excluding hydrogens is 381 g/mol. The van der Waals surface area contributed by atoms with Crippen LogP contribution in [0.1, 0.15) is 30.2 Å². The maximum absolute atomic E-state index is 13.1. The molecule has 1 aromatic heterocycles. The number of sulfonamides is 1. The van der Waals surface area contributed by atoms with E-state index in [2.05, 4.69) is 10.1 Å². The molecule has 0 unspecified atom stereocenters. The zero-order valence-electron chi connectivity index (χ0n) is 15.4. The number of aromatic nitrogens is 2. The van der Waals surface area contributed by atoms with Gasteiger partial charge in [-0.3, -0.25) is 0 Å². The van der Waals surface area contributed by atoms with E-state index >= 15 is 0 Å². The lowest BCUT2D eigenvalue weighted by Crippen LogP contribution is -2.39. The number of piperidine rings is 1. The van der Waals surface area contributed by atoms with E-state index in [0.29, 0.717) is 36.8 Å². The van der Waals surface area contributed by atoms with Crippen molar-refractivity contribution in [2.45, 2.75) is 30.6 Å². The SMILES string of the molecule is Cc1ccc(S(=O)(=O)N2CCC[C@H](c3nc(-c4ccc(F)cc4)no3)C2)cc1. The molecule has 1 saturated heterocycles. The molecule has 0 amide bonds. The normalized spacial score (nSPS) is 18.3. The molecule has 0 N–H and O–H groups in total. The number of hydrogen-bond acceptors (Lipinski definition) is 5. The molecular formula is C20H20FN3O3S. The highest BCUT2D eigenvalue weighted by atomic mass is 32.2. The molecule has 28 heavy (non-hydrogen) atoms. The van der Waals surface area contributed by atoms with Gasteiger partial charge in [0.15, 0.2) is 0 Å². The lowest BCUT2D eigenvalue weighted by Gasteiger charge is -2.30. The highest BCUT2D eigenvalue weighted by Gasteiger charge is 2.33. The van der Waals surface area contributed by atoms with Crippen LogP contribution in [0.2, 0.25) is 0 Å². The van der Waals surface area contributed by atoms with Gasteiger partial charge in [-0.25, -0.2) is 12.8 Å². The van der Waals surface area contributed by atoms with E-state index in [1.165, 1.54) is 16.4 Å². The van der Waals surface area contributed by atoms with E-state index in [1.54, 1.807) is 36.4 Å². The molecule has 1 aliphatic rings. The van der Waals surface area contributed by atoms with Gasteiger partial charge >= 0.3 is 0 Å². The van der Waals surface area contributed by atoms with Crippen molar-refractivity contribution in [3.8, 4) is 11.4 Å². The number of halogens is 1. The maximum atomic E-state index is 13.1. The molecule has 0 spiro atoms. The van der Waals surface area contributed by atoms with Gasteiger partial charge in [0.2, 0.25) is 21.7 Å². The molecule has 8 heteroatoms. The second-order valence-corrected chi connectivity index (χ2v) is 8.92. The molecule has 2 aromatic carbocycles. The fraction of sp³-hybridized carbons (Fsp3) is 0.300. The van der Waals surface area contributed by atoms with Crippen LogP contribution in [0, 0.1) is 12.7 Å². The fourth-order valence-electron chi connectivity index (χ4n) is 3.34. The van der Waals surface area contributed by atoms with Crippen LogP contribution in [0.15, 0.2) is 57.9 Å². The fourth-order valence-corrected chi connectivity index (χ4v) is 4.86. The number of benzene rings is 2. The summed E-state index contributed by atoms with van der Waals surface area (Å²) in [5, 5.41) is 3.97. The van der Waals surface area contributed by atoms with E-state index < -0.39 is 10.0 Å². The van der Waals surface area contributed by atoms with Gasteiger partial charge in [-0.15, -0.1) is 0 Å². The zero-order chi connectivity index (χ0) is 19.7. The molecule has 3 aromatic rings. The molecule has 0 saturated carbocycles. The van der Waals surface area contributed by atoms with Crippen molar-refractivity contribution >= 4 is 10.0 Å². The monoisotopic (exact) mass is 401 g/mol. The smallest absolute Gasteiger partial charge is 0.243 e. The summed E-state index contributed by atoms with van der Waals surface area (Å²) < 4.78 is 45.9. The highest BCUT2D eigenvalue weighted by molar-refractivity contribution is 7.89. The standard InChI is InChI=1S/C20H20FN3O3S/c1-14-4-10-18(11-5-14)28(25,26)24-12-2-3-16(13-24)20-22-19(23-27-20)15-6-8-17(21)9-7-15/h4-11,16H,2-3,12-13H2,1H3/t16-/m0/s1. The van der Waals surface area contributed by atoms with Crippen LogP contribution in [0.5, 0.6) is 0 Å². The van der Waals surface area contributed by atoms with Crippen LogP contribution in [0.3, 0.4) is 0 Å². The molecule has 6 nitrogen and oxygen atoms in total. The maximum Gasteiger partial charge on any atom is 0.243 e. The van der Waals surface area contributed by atoms with Crippen LogP contribution < -0.4 is 0 Å². The predicted molar refractivity (Wildman–Crippen MR) is 102 cm³/mol. The lowest BCUT2D eigenvalue weighted by atomic mass is 10.00. The van der Waals surface area contributed by atoms with Gasteiger partial charge in [0, 0.05) is 18.7 Å². The molecule has 4 rings (SSSR count). The molecule has 1 aliphatic heterocycles. The van der Waals surface area contributed by atoms with Gasteiger partial charge < -0.3 is 4.52 Å². The number of hydrogen-bond donors (Lipinski definition) is 0. The minimum atomic E-state index is -3.57. The Morgan fingerprint density at radius 3 is 2.54 bits per heavy atom. The Hall–Kier alpha value is -2.58. The highest BCUT2D eigenvalue weighted by Crippen LogP contribution is 2.30. The zero-order valence-corrected chi connectivity index (χ0v) is 16.2. The average Bonchev–Trinajstić information content (AvgIpc) is 3.19. The van der Waals surface area contributed by atoms with Crippen molar-refractivity contribution in [1.82, 2.24) is 14.4 Å². The Kier molecular flexibility index (Phi) is 4.99. The Bertz CT molecular complexity index is 1060. The minimum Gasteiger partial charge on any atom is -0.339 e. The van der Waals surface area contributed by atoms with Crippen LogP contribution in [0.25, 0.3) is 11.4 Å². The number of rotatable bonds is 4. The number of aryl methyl sites for hydroxylation is 1. The topological polar surface area (TPSA) is 76.3 Å². The van der Waals surface area contributed by atoms with E-state index in [0.717, 1.165) is 12.0 Å². The molecule has 1 fully saturated rings.